The first kappa shape index (κ1) is 22.9. The molecule has 0 fully saturated rings. The van der Waals surface area contributed by atoms with E-state index in [4.69, 9.17) is 14.7 Å². The Bertz CT molecular complexity index is 860. The number of amides is 2. The van der Waals surface area contributed by atoms with Gasteiger partial charge in [0.25, 0.3) is 0 Å². The van der Waals surface area contributed by atoms with Crippen molar-refractivity contribution in [3.05, 3.63) is 60.2 Å². The van der Waals surface area contributed by atoms with Gasteiger partial charge in [0.15, 0.2) is 0 Å². The van der Waals surface area contributed by atoms with E-state index in [1.165, 1.54) is 0 Å². The van der Waals surface area contributed by atoms with Gasteiger partial charge in [-0.15, -0.1) is 0 Å². The van der Waals surface area contributed by atoms with Crippen molar-refractivity contribution in [2.24, 2.45) is 5.92 Å². The highest BCUT2D eigenvalue weighted by Crippen LogP contribution is 2.13. The lowest BCUT2D eigenvalue weighted by Crippen LogP contribution is -2.51. The number of carbonyl (C=O) groups excluding carboxylic acids is 2. The van der Waals surface area contributed by atoms with E-state index in [9.17, 15) is 9.59 Å². The monoisotopic (exact) mass is 409 g/mol. The molecule has 0 aliphatic heterocycles. The Balaban J connectivity index is 1.88. The van der Waals surface area contributed by atoms with Crippen molar-refractivity contribution < 1.29 is 19.1 Å². The van der Waals surface area contributed by atoms with Crippen LogP contribution in [-0.4, -0.2) is 30.7 Å². The molecule has 0 aliphatic carbocycles. The summed E-state index contributed by atoms with van der Waals surface area (Å²) in [5.41, 5.74) is 0.560. The van der Waals surface area contributed by atoms with Crippen LogP contribution in [0.4, 0.5) is 4.79 Å². The summed E-state index contributed by atoms with van der Waals surface area (Å²) in [5, 5.41) is 14.3. The molecule has 0 aromatic heterocycles. The van der Waals surface area contributed by atoms with E-state index in [-0.39, 0.29) is 12.0 Å². The smallest absolute Gasteiger partial charge is 0.419 e. The topological polar surface area (TPSA) is 100 Å². The van der Waals surface area contributed by atoms with E-state index >= 15 is 0 Å². The SMILES string of the molecule is CC(C)C[C@H](NC(C)COc1ccc(C#N)cc1)C(=O)NC(=O)Oc1ccccc1. The number of benzene rings is 2. The zero-order valence-corrected chi connectivity index (χ0v) is 17.4. The second kappa shape index (κ2) is 11.6. The first-order valence-electron chi connectivity index (χ1n) is 9.84. The molecule has 2 amide bonds. The first-order valence-corrected chi connectivity index (χ1v) is 9.84. The van der Waals surface area contributed by atoms with Crippen LogP contribution in [-0.2, 0) is 4.79 Å². The van der Waals surface area contributed by atoms with Crippen molar-refractivity contribution in [2.45, 2.75) is 39.3 Å². The number of hydrogen-bond donors (Lipinski definition) is 2. The van der Waals surface area contributed by atoms with Crippen LogP contribution in [0.15, 0.2) is 54.6 Å². The van der Waals surface area contributed by atoms with Crippen LogP contribution in [0.5, 0.6) is 11.5 Å². The van der Waals surface area contributed by atoms with Crippen LogP contribution in [0.3, 0.4) is 0 Å². The average Bonchev–Trinajstić information content (AvgIpc) is 2.72. The van der Waals surface area contributed by atoms with Crippen molar-refractivity contribution in [1.29, 1.82) is 5.26 Å². The Hall–Kier alpha value is -3.37. The summed E-state index contributed by atoms with van der Waals surface area (Å²) in [4.78, 5) is 24.6. The quantitative estimate of drug-likeness (QED) is 0.656. The van der Waals surface area contributed by atoms with E-state index in [0.717, 1.165) is 0 Å². The molecule has 0 radical (unpaired) electrons. The highest BCUT2D eigenvalue weighted by molar-refractivity contribution is 5.95. The molecule has 2 aromatic rings. The van der Waals surface area contributed by atoms with Crippen molar-refractivity contribution in [3.63, 3.8) is 0 Å². The lowest BCUT2D eigenvalue weighted by atomic mass is 10.0. The van der Waals surface area contributed by atoms with Gasteiger partial charge in [-0.3, -0.25) is 15.4 Å². The van der Waals surface area contributed by atoms with Crippen LogP contribution in [0.2, 0.25) is 0 Å². The molecule has 2 N–H and O–H groups in total. The van der Waals surface area contributed by atoms with Gasteiger partial charge in [0.2, 0.25) is 5.91 Å². The van der Waals surface area contributed by atoms with Gasteiger partial charge in [0.05, 0.1) is 17.7 Å². The second-order valence-corrected chi connectivity index (χ2v) is 7.39. The molecule has 2 rings (SSSR count). The van der Waals surface area contributed by atoms with Gasteiger partial charge in [-0.1, -0.05) is 32.0 Å². The zero-order chi connectivity index (χ0) is 21.9. The van der Waals surface area contributed by atoms with Crippen LogP contribution in [0, 0.1) is 17.2 Å². The van der Waals surface area contributed by atoms with Gasteiger partial charge in [0.1, 0.15) is 18.1 Å². The highest BCUT2D eigenvalue weighted by atomic mass is 16.6. The Morgan fingerprint density at radius 2 is 1.67 bits per heavy atom. The van der Waals surface area contributed by atoms with E-state index in [1.54, 1.807) is 54.6 Å². The molecule has 0 saturated carbocycles. The Morgan fingerprint density at radius 3 is 2.27 bits per heavy atom. The van der Waals surface area contributed by atoms with Crippen LogP contribution in [0.1, 0.15) is 32.8 Å². The van der Waals surface area contributed by atoms with E-state index in [2.05, 4.69) is 16.7 Å². The highest BCUT2D eigenvalue weighted by Gasteiger charge is 2.24. The molecule has 2 atom stereocenters. The fourth-order valence-electron chi connectivity index (χ4n) is 2.77. The molecule has 0 heterocycles. The van der Waals surface area contributed by atoms with E-state index < -0.39 is 18.0 Å². The van der Waals surface area contributed by atoms with Gasteiger partial charge in [-0.05, 0) is 55.7 Å². The number of nitriles is 1. The largest absolute Gasteiger partial charge is 0.492 e. The third-order valence-electron chi connectivity index (χ3n) is 4.17. The van der Waals surface area contributed by atoms with E-state index in [1.807, 2.05) is 20.8 Å². The number of ether oxygens (including phenoxy) is 2. The number of hydrogen-bond acceptors (Lipinski definition) is 6. The van der Waals surface area contributed by atoms with Crippen molar-refractivity contribution in [2.75, 3.05) is 6.61 Å². The fraction of sp³-hybridized carbons (Fsp3) is 0.348. The van der Waals surface area contributed by atoms with Crippen LogP contribution >= 0.6 is 0 Å². The van der Waals surface area contributed by atoms with Crippen molar-refractivity contribution in [1.82, 2.24) is 10.6 Å². The van der Waals surface area contributed by atoms with E-state index in [0.29, 0.717) is 30.1 Å². The maximum atomic E-state index is 12.6. The molecule has 158 valence electrons. The lowest BCUT2D eigenvalue weighted by molar-refractivity contribution is -0.122. The molecule has 7 nitrogen and oxygen atoms in total. The first-order chi connectivity index (χ1) is 14.4. The number of imide groups is 1. The Kier molecular flexibility index (Phi) is 8.85. The van der Waals surface area contributed by atoms with Crippen molar-refractivity contribution in [3.8, 4) is 17.6 Å². The summed E-state index contributed by atoms with van der Waals surface area (Å²) in [7, 11) is 0. The third-order valence-corrected chi connectivity index (χ3v) is 4.17. The molecule has 0 aliphatic rings. The van der Waals surface area contributed by atoms with Gasteiger partial charge in [-0.2, -0.15) is 5.26 Å². The zero-order valence-electron chi connectivity index (χ0n) is 17.4. The molecule has 0 spiro atoms. The maximum Gasteiger partial charge on any atom is 0.419 e. The van der Waals surface area contributed by atoms with Gasteiger partial charge >= 0.3 is 6.09 Å². The maximum absolute atomic E-state index is 12.6. The molecule has 2 aromatic carbocycles. The fourth-order valence-corrected chi connectivity index (χ4v) is 2.77. The minimum absolute atomic E-state index is 0.153. The molecule has 7 heteroatoms. The number of para-hydroxylation sites is 1. The summed E-state index contributed by atoms with van der Waals surface area (Å²) in [6, 6.07) is 16.7. The van der Waals surface area contributed by atoms with Gasteiger partial charge in [0, 0.05) is 6.04 Å². The second-order valence-electron chi connectivity index (χ2n) is 7.39. The normalized spacial score (nSPS) is 12.5. The molecule has 0 bridgehead atoms. The molecule has 30 heavy (non-hydrogen) atoms. The van der Waals surface area contributed by atoms with Crippen LogP contribution in [0.25, 0.3) is 0 Å². The van der Waals surface area contributed by atoms with Gasteiger partial charge in [-0.25, -0.2) is 4.79 Å². The van der Waals surface area contributed by atoms with Crippen LogP contribution < -0.4 is 20.1 Å². The number of nitrogens with one attached hydrogen (secondary N) is 2. The summed E-state index contributed by atoms with van der Waals surface area (Å²) >= 11 is 0. The van der Waals surface area contributed by atoms with Gasteiger partial charge < -0.3 is 9.47 Å². The summed E-state index contributed by atoms with van der Waals surface area (Å²) < 4.78 is 10.8. The summed E-state index contributed by atoms with van der Waals surface area (Å²) in [6.07, 6.45) is -0.269. The molecular weight excluding hydrogens is 382 g/mol. The average molecular weight is 409 g/mol. The minimum atomic E-state index is -0.816. The predicted octanol–water partition coefficient (Wildman–Crippen LogP) is 3.65. The standard InChI is InChI=1S/C23H27N3O4/c1-16(2)13-21(22(27)26-23(28)30-20-7-5-4-6-8-20)25-17(3)15-29-19-11-9-18(14-24)10-12-19/h4-12,16-17,21,25H,13,15H2,1-3H3,(H,26,27,28)/t17?,21-/m0/s1. The Labute approximate surface area is 177 Å². The number of nitrogens with zero attached hydrogens (tertiary/aromatic N) is 1. The van der Waals surface area contributed by atoms with Crippen molar-refractivity contribution >= 4 is 12.0 Å². The predicted molar refractivity (Wildman–Crippen MR) is 113 cm³/mol. The summed E-state index contributed by atoms with van der Waals surface area (Å²) in [6.45, 7) is 6.22. The molecular formula is C23H27N3O4. The number of rotatable bonds is 9. The Morgan fingerprint density at radius 1 is 1.00 bits per heavy atom. The minimum Gasteiger partial charge on any atom is -0.492 e. The third kappa shape index (κ3) is 7.94. The number of carbonyl (C=O) groups is 2. The summed E-state index contributed by atoms with van der Waals surface area (Å²) in [5.74, 6) is 0.791. The molecule has 0 saturated heterocycles. The lowest BCUT2D eigenvalue weighted by Gasteiger charge is -2.24. The molecule has 1 unspecified atom stereocenters.